The summed E-state index contributed by atoms with van der Waals surface area (Å²) in [5.74, 6) is 0. The number of nitro groups is 1. The maximum Gasteiger partial charge on any atom is 0.269 e. The van der Waals surface area contributed by atoms with Crippen LogP contribution in [0.25, 0.3) is 11.6 Å². The van der Waals surface area contributed by atoms with Crippen molar-refractivity contribution in [2.45, 2.75) is 0 Å². The molecule has 2 aromatic rings. The summed E-state index contributed by atoms with van der Waals surface area (Å²) in [7, 11) is 0. The maximum absolute atomic E-state index is 10.6. The maximum atomic E-state index is 10.6. The van der Waals surface area contributed by atoms with Gasteiger partial charge in [-0.3, -0.25) is 10.1 Å². The van der Waals surface area contributed by atoms with Gasteiger partial charge < -0.3 is 0 Å². The number of halogens is 2. The van der Waals surface area contributed by atoms with Crippen LogP contribution >= 0.6 is 23.2 Å². The molecule has 0 saturated carbocycles. The first kappa shape index (κ1) is 15.0. The molecule has 0 atom stereocenters. The van der Waals surface area contributed by atoms with Gasteiger partial charge in [-0.2, -0.15) is 5.26 Å². The molecular formula is C15H8Cl2N2O2. The summed E-state index contributed by atoms with van der Waals surface area (Å²) in [5.41, 5.74) is 1.38. The number of allylic oxidation sites excluding steroid dienone is 1. The number of nitrogens with zero attached hydrogens (tertiary/aromatic N) is 2. The average Bonchev–Trinajstić information content (AvgIpc) is 2.47. The van der Waals surface area contributed by atoms with Crippen LogP contribution in [-0.4, -0.2) is 4.92 Å². The fourth-order valence-electron chi connectivity index (χ4n) is 1.74. The lowest BCUT2D eigenvalue weighted by Gasteiger charge is -2.03. The molecule has 0 radical (unpaired) electrons. The van der Waals surface area contributed by atoms with Gasteiger partial charge in [-0.05, 0) is 35.9 Å². The van der Waals surface area contributed by atoms with E-state index in [1.165, 1.54) is 24.3 Å². The lowest BCUT2D eigenvalue weighted by molar-refractivity contribution is -0.384. The van der Waals surface area contributed by atoms with Crippen LogP contribution in [0.15, 0.2) is 42.5 Å². The van der Waals surface area contributed by atoms with Crippen LogP contribution in [0, 0.1) is 21.4 Å². The van der Waals surface area contributed by atoms with Crippen molar-refractivity contribution < 1.29 is 4.92 Å². The minimum Gasteiger partial charge on any atom is -0.258 e. The van der Waals surface area contributed by atoms with Crippen molar-refractivity contribution in [3.63, 3.8) is 0 Å². The van der Waals surface area contributed by atoms with Gasteiger partial charge in [0.25, 0.3) is 5.69 Å². The number of hydrogen-bond acceptors (Lipinski definition) is 3. The highest BCUT2D eigenvalue weighted by molar-refractivity contribution is 6.37. The third-order valence-electron chi connectivity index (χ3n) is 2.80. The van der Waals surface area contributed by atoms with Gasteiger partial charge in [-0.15, -0.1) is 0 Å². The van der Waals surface area contributed by atoms with E-state index in [2.05, 4.69) is 0 Å². The highest BCUT2D eigenvalue weighted by atomic mass is 35.5. The molecule has 4 nitrogen and oxygen atoms in total. The molecule has 0 spiro atoms. The van der Waals surface area contributed by atoms with Crippen LogP contribution in [0.2, 0.25) is 10.0 Å². The van der Waals surface area contributed by atoms with Crippen LogP contribution in [0.5, 0.6) is 0 Å². The van der Waals surface area contributed by atoms with E-state index in [4.69, 9.17) is 23.2 Å². The van der Waals surface area contributed by atoms with E-state index in [0.29, 0.717) is 26.7 Å². The molecule has 6 heteroatoms. The van der Waals surface area contributed by atoms with Crippen molar-refractivity contribution in [2.24, 2.45) is 0 Å². The summed E-state index contributed by atoms with van der Waals surface area (Å²) in [6, 6.07) is 12.8. The molecule has 2 aromatic carbocycles. The van der Waals surface area contributed by atoms with Gasteiger partial charge in [0.15, 0.2) is 0 Å². The first-order valence-corrected chi connectivity index (χ1v) is 6.59. The summed E-state index contributed by atoms with van der Waals surface area (Å²) in [6.45, 7) is 0. The van der Waals surface area contributed by atoms with Crippen molar-refractivity contribution in [1.29, 1.82) is 5.26 Å². The Kier molecular flexibility index (Phi) is 4.59. The molecule has 0 unspecified atom stereocenters. The Morgan fingerprint density at radius 2 is 1.71 bits per heavy atom. The Morgan fingerprint density at radius 3 is 2.19 bits per heavy atom. The van der Waals surface area contributed by atoms with Crippen LogP contribution in [0.1, 0.15) is 11.1 Å². The summed E-state index contributed by atoms with van der Waals surface area (Å²) in [4.78, 5) is 10.1. The molecule has 2 rings (SSSR count). The number of hydrogen-bond donors (Lipinski definition) is 0. The van der Waals surface area contributed by atoms with Gasteiger partial charge >= 0.3 is 0 Å². The second kappa shape index (κ2) is 6.40. The van der Waals surface area contributed by atoms with Crippen LogP contribution in [0.4, 0.5) is 5.69 Å². The van der Waals surface area contributed by atoms with Gasteiger partial charge in [-0.25, -0.2) is 0 Å². The molecule has 21 heavy (non-hydrogen) atoms. The van der Waals surface area contributed by atoms with Crippen LogP contribution in [0.3, 0.4) is 0 Å². The van der Waals surface area contributed by atoms with E-state index >= 15 is 0 Å². The summed E-state index contributed by atoms with van der Waals surface area (Å²) >= 11 is 12.1. The predicted octanol–water partition coefficient (Wildman–Crippen LogP) is 4.97. The van der Waals surface area contributed by atoms with Crippen molar-refractivity contribution in [3.8, 4) is 6.07 Å². The number of non-ortho nitro benzene ring substituents is 1. The van der Waals surface area contributed by atoms with E-state index < -0.39 is 4.92 Å². The van der Waals surface area contributed by atoms with Crippen molar-refractivity contribution in [3.05, 3.63) is 73.8 Å². The number of rotatable bonds is 3. The molecule has 0 aromatic heterocycles. The molecule has 0 aliphatic heterocycles. The molecule has 0 fully saturated rings. The average molecular weight is 319 g/mol. The topological polar surface area (TPSA) is 66.9 Å². The van der Waals surface area contributed by atoms with Crippen molar-refractivity contribution in [1.82, 2.24) is 0 Å². The van der Waals surface area contributed by atoms with E-state index in [0.717, 1.165) is 0 Å². The Labute approximate surface area is 131 Å². The van der Waals surface area contributed by atoms with Gasteiger partial charge in [0.1, 0.15) is 0 Å². The first-order valence-electron chi connectivity index (χ1n) is 5.83. The summed E-state index contributed by atoms with van der Waals surface area (Å²) in [6.07, 6.45) is 1.56. The smallest absolute Gasteiger partial charge is 0.258 e. The highest BCUT2D eigenvalue weighted by Crippen LogP contribution is 2.29. The Morgan fingerprint density at radius 1 is 1.14 bits per heavy atom. The second-order valence-corrected chi connectivity index (χ2v) is 4.92. The number of benzene rings is 2. The fraction of sp³-hybridized carbons (Fsp3) is 0. The van der Waals surface area contributed by atoms with E-state index in [1.54, 1.807) is 24.3 Å². The molecule has 0 bridgehead atoms. The molecule has 0 N–H and O–H groups in total. The minimum atomic E-state index is -0.496. The SMILES string of the molecule is N#CC(=Cc1c(Cl)cccc1Cl)c1ccc([N+](=O)[O-])cc1. The summed E-state index contributed by atoms with van der Waals surface area (Å²) < 4.78 is 0. The highest BCUT2D eigenvalue weighted by Gasteiger charge is 2.09. The predicted molar refractivity (Wildman–Crippen MR) is 83.0 cm³/mol. The Balaban J connectivity index is 2.47. The first-order chi connectivity index (χ1) is 10.0. The zero-order chi connectivity index (χ0) is 15.4. The Hall–Kier alpha value is -2.35. The van der Waals surface area contributed by atoms with Crippen LogP contribution in [-0.2, 0) is 0 Å². The zero-order valence-electron chi connectivity index (χ0n) is 10.6. The molecular weight excluding hydrogens is 311 g/mol. The zero-order valence-corrected chi connectivity index (χ0v) is 12.1. The van der Waals surface area contributed by atoms with Gasteiger partial charge in [0.2, 0.25) is 0 Å². The fourth-order valence-corrected chi connectivity index (χ4v) is 2.24. The monoisotopic (exact) mass is 318 g/mol. The van der Waals surface area contributed by atoms with E-state index in [9.17, 15) is 15.4 Å². The minimum absolute atomic E-state index is 0.0354. The molecule has 0 heterocycles. The van der Waals surface area contributed by atoms with E-state index in [-0.39, 0.29) is 5.69 Å². The lowest BCUT2D eigenvalue weighted by Crippen LogP contribution is -1.89. The largest absolute Gasteiger partial charge is 0.269 e. The standard InChI is InChI=1S/C15H8Cl2N2O2/c16-14-2-1-3-15(17)13(14)8-11(9-18)10-4-6-12(7-5-10)19(20)21/h1-8H. The number of nitro benzene ring substituents is 1. The van der Waals surface area contributed by atoms with Crippen molar-refractivity contribution >= 4 is 40.5 Å². The number of nitriles is 1. The molecule has 0 amide bonds. The second-order valence-electron chi connectivity index (χ2n) is 4.11. The van der Waals surface area contributed by atoms with E-state index in [1.807, 2.05) is 6.07 Å². The quantitative estimate of drug-likeness (QED) is 0.347. The Bertz CT molecular complexity index is 742. The third kappa shape index (κ3) is 3.40. The molecule has 0 aliphatic rings. The lowest BCUT2D eigenvalue weighted by atomic mass is 10.0. The summed E-state index contributed by atoms with van der Waals surface area (Å²) in [5, 5.41) is 20.7. The molecule has 0 saturated heterocycles. The van der Waals surface area contributed by atoms with Crippen LogP contribution < -0.4 is 0 Å². The van der Waals surface area contributed by atoms with Gasteiger partial charge in [-0.1, -0.05) is 29.3 Å². The molecule has 0 aliphatic carbocycles. The van der Waals surface area contributed by atoms with Crippen molar-refractivity contribution in [2.75, 3.05) is 0 Å². The van der Waals surface area contributed by atoms with Gasteiger partial charge in [0, 0.05) is 27.7 Å². The molecule has 104 valence electrons. The van der Waals surface area contributed by atoms with Gasteiger partial charge in [0.05, 0.1) is 16.6 Å². The normalized spacial score (nSPS) is 11.0. The third-order valence-corrected chi connectivity index (χ3v) is 3.46.